The Morgan fingerprint density at radius 1 is 1.75 bits per heavy atom. The number of carboxylic acids is 1. The van der Waals surface area contributed by atoms with Gasteiger partial charge in [-0.05, 0) is 6.92 Å². The first kappa shape index (κ1) is 12.6. The molecule has 0 fully saturated rings. The summed E-state index contributed by atoms with van der Waals surface area (Å²) >= 11 is 0. The van der Waals surface area contributed by atoms with E-state index in [4.69, 9.17) is 15.6 Å². The molecule has 7 heteroatoms. The molecule has 0 amide bonds. The Hall–Kier alpha value is -1.47. The van der Waals surface area contributed by atoms with E-state index < -0.39 is 12.0 Å². The molecule has 0 aliphatic heterocycles. The SMILES string of the molecule is CCOCCn1cc(CC(N)C(=O)O)nn1. The lowest BCUT2D eigenvalue weighted by Gasteiger charge is -2.02. The Kier molecular flexibility index (Phi) is 4.87. The third-order valence-electron chi connectivity index (χ3n) is 2.00. The van der Waals surface area contributed by atoms with Crippen LogP contribution in [0.15, 0.2) is 6.20 Å². The highest BCUT2D eigenvalue weighted by Gasteiger charge is 2.14. The van der Waals surface area contributed by atoms with E-state index in [9.17, 15) is 4.79 Å². The second kappa shape index (κ2) is 6.19. The number of hydrogen-bond acceptors (Lipinski definition) is 5. The lowest BCUT2D eigenvalue weighted by molar-refractivity contribution is -0.138. The highest BCUT2D eigenvalue weighted by molar-refractivity contribution is 5.73. The zero-order valence-corrected chi connectivity index (χ0v) is 9.17. The summed E-state index contributed by atoms with van der Waals surface area (Å²) in [5, 5.41) is 16.3. The third-order valence-corrected chi connectivity index (χ3v) is 2.00. The number of hydrogen-bond donors (Lipinski definition) is 2. The zero-order valence-electron chi connectivity index (χ0n) is 9.17. The van der Waals surface area contributed by atoms with Gasteiger partial charge in [0.15, 0.2) is 0 Å². The maximum atomic E-state index is 10.5. The van der Waals surface area contributed by atoms with Gasteiger partial charge in [-0.1, -0.05) is 5.21 Å². The summed E-state index contributed by atoms with van der Waals surface area (Å²) in [5.41, 5.74) is 5.95. The average Bonchev–Trinajstić information content (AvgIpc) is 2.66. The molecule has 1 atom stereocenters. The number of aliphatic carboxylic acids is 1. The molecule has 16 heavy (non-hydrogen) atoms. The molecular formula is C9H16N4O3. The summed E-state index contributed by atoms with van der Waals surface area (Å²) in [7, 11) is 0. The van der Waals surface area contributed by atoms with Crippen LogP contribution in [-0.4, -0.2) is 45.3 Å². The molecule has 1 rings (SSSR count). The van der Waals surface area contributed by atoms with Crippen LogP contribution < -0.4 is 5.73 Å². The normalized spacial score (nSPS) is 12.6. The van der Waals surface area contributed by atoms with Crippen molar-refractivity contribution in [3.8, 4) is 0 Å². The number of aromatic nitrogens is 3. The standard InChI is InChI=1S/C9H16N4O3/c1-2-16-4-3-13-6-7(11-12-13)5-8(10)9(14)15/h6,8H,2-5,10H2,1H3,(H,14,15). The molecule has 90 valence electrons. The smallest absolute Gasteiger partial charge is 0.320 e. The Balaban J connectivity index is 2.42. The molecule has 0 bridgehead atoms. The number of carbonyl (C=O) groups is 1. The second-order valence-electron chi connectivity index (χ2n) is 3.32. The van der Waals surface area contributed by atoms with E-state index in [0.717, 1.165) is 0 Å². The molecule has 0 aliphatic carbocycles. The summed E-state index contributed by atoms with van der Waals surface area (Å²) in [6.07, 6.45) is 1.87. The topological polar surface area (TPSA) is 103 Å². The van der Waals surface area contributed by atoms with Gasteiger partial charge in [0.25, 0.3) is 0 Å². The summed E-state index contributed by atoms with van der Waals surface area (Å²) in [5.74, 6) is -1.04. The number of nitrogens with two attached hydrogens (primary N) is 1. The molecule has 0 spiro atoms. The van der Waals surface area contributed by atoms with Gasteiger partial charge in [0, 0.05) is 19.2 Å². The van der Waals surface area contributed by atoms with Gasteiger partial charge in [0.05, 0.1) is 18.8 Å². The summed E-state index contributed by atoms with van der Waals surface area (Å²) in [6.45, 7) is 3.73. The second-order valence-corrected chi connectivity index (χ2v) is 3.32. The molecule has 0 saturated carbocycles. The van der Waals surface area contributed by atoms with Gasteiger partial charge >= 0.3 is 5.97 Å². The fourth-order valence-electron chi connectivity index (χ4n) is 1.16. The van der Waals surface area contributed by atoms with Crippen molar-refractivity contribution in [3.63, 3.8) is 0 Å². The summed E-state index contributed by atoms with van der Waals surface area (Å²) in [4.78, 5) is 10.5. The van der Waals surface area contributed by atoms with Crippen LogP contribution in [0.1, 0.15) is 12.6 Å². The fraction of sp³-hybridized carbons (Fsp3) is 0.667. The lowest BCUT2D eigenvalue weighted by Crippen LogP contribution is -2.32. The minimum Gasteiger partial charge on any atom is -0.480 e. The molecule has 0 radical (unpaired) electrons. The Morgan fingerprint density at radius 2 is 2.50 bits per heavy atom. The first-order chi connectivity index (χ1) is 7.63. The molecule has 0 saturated heterocycles. The molecule has 3 N–H and O–H groups in total. The molecule has 7 nitrogen and oxygen atoms in total. The van der Waals surface area contributed by atoms with E-state index in [2.05, 4.69) is 10.3 Å². The maximum Gasteiger partial charge on any atom is 0.320 e. The highest BCUT2D eigenvalue weighted by Crippen LogP contribution is 1.97. The van der Waals surface area contributed by atoms with Crippen molar-refractivity contribution in [2.75, 3.05) is 13.2 Å². The average molecular weight is 228 g/mol. The predicted molar refractivity (Wildman–Crippen MR) is 55.8 cm³/mol. The first-order valence-electron chi connectivity index (χ1n) is 5.08. The largest absolute Gasteiger partial charge is 0.480 e. The number of rotatable bonds is 7. The van der Waals surface area contributed by atoms with Crippen LogP contribution >= 0.6 is 0 Å². The Morgan fingerprint density at radius 3 is 3.12 bits per heavy atom. The van der Waals surface area contributed by atoms with E-state index in [0.29, 0.717) is 25.5 Å². The van der Waals surface area contributed by atoms with Crippen molar-refractivity contribution in [3.05, 3.63) is 11.9 Å². The van der Waals surface area contributed by atoms with Gasteiger partial charge in [0.2, 0.25) is 0 Å². The molecule has 1 aromatic rings. The maximum absolute atomic E-state index is 10.5. The number of ether oxygens (including phenoxy) is 1. The summed E-state index contributed by atoms with van der Waals surface area (Å²) < 4.78 is 6.77. The highest BCUT2D eigenvalue weighted by atomic mass is 16.5. The fourth-order valence-corrected chi connectivity index (χ4v) is 1.16. The van der Waals surface area contributed by atoms with Gasteiger partial charge in [-0.25, -0.2) is 4.68 Å². The van der Waals surface area contributed by atoms with Crippen molar-refractivity contribution >= 4 is 5.97 Å². The van der Waals surface area contributed by atoms with Gasteiger partial charge in [0.1, 0.15) is 6.04 Å². The third kappa shape index (κ3) is 3.95. The van der Waals surface area contributed by atoms with Crippen molar-refractivity contribution < 1.29 is 14.6 Å². The zero-order chi connectivity index (χ0) is 12.0. The molecule has 1 unspecified atom stereocenters. The van der Waals surface area contributed by atoms with Crippen LogP contribution in [-0.2, 0) is 22.5 Å². The predicted octanol–water partition coefficient (Wildman–Crippen LogP) is -0.731. The minimum absolute atomic E-state index is 0.184. The van der Waals surface area contributed by atoms with Crippen LogP contribution in [0.4, 0.5) is 0 Å². The van der Waals surface area contributed by atoms with Crippen molar-refractivity contribution in [1.29, 1.82) is 0 Å². The van der Waals surface area contributed by atoms with Gasteiger partial charge in [-0.3, -0.25) is 4.79 Å². The lowest BCUT2D eigenvalue weighted by atomic mass is 10.2. The number of carboxylic acid groups (broad SMARTS) is 1. The van der Waals surface area contributed by atoms with E-state index in [1.807, 2.05) is 6.92 Å². The molecule has 1 aromatic heterocycles. The van der Waals surface area contributed by atoms with Gasteiger partial charge in [-0.15, -0.1) is 5.10 Å². The van der Waals surface area contributed by atoms with E-state index in [1.165, 1.54) is 0 Å². The Bertz CT molecular complexity index is 339. The van der Waals surface area contributed by atoms with Gasteiger partial charge < -0.3 is 15.6 Å². The van der Waals surface area contributed by atoms with E-state index in [1.54, 1.807) is 10.9 Å². The monoisotopic (exact) mass is 228 g/mol. The number of nitrogens with zero attached hydrogens (tertiary/aromatic N) is 3. The van der Waals surface area contributed by atoms with Crippen LogP contribution in [0.5, 0.6) is 0 Å². The van der Waals surface area contributed by atoms with Crippen molar-refractivity contribution in [2.24, 2.45) is 5.73 Å². The van der Waals surface area contributed by atoms with Gasteiger partial charge in [-0.2, -0.15) is 0 Å². The molecule has 0 aliphatic rings. The van der Waals surface area contributed by atoms with Crippen molar-refractivity contribution in [2.45, 2.75) is 25.9 Å². The summed E-state index contributed by atoms with van der Waals surface area (Å²) in [6, 6.07) is -0.933. The molecule has 0 aromatic carbocycles. The van der Waals surface area contributed by atoms with E-state index in [-0.39, 0.29) is 6.42 Å². The van der Waals surface area contributed by atoms with Crippen LogP contribution in [0.3, 0.4) is 0 Å². The van der Waals surface area contributed by atoms with Crippen LogP contribution in [0, 0.1) is 0 Å². The molecular weight excluding hydrogens is 212 g/mol. The Labute approximate surface area is 93.2 Å². The van der Waals surface area contributed by atoms with Crippen molar-refractivity contribution in [1.82, 2.24) is 15.0 Å². The van der Waals surface area contributed by atoms with Crippen LogP contribution in [0.2, 0.25) is 0 Å². The minimum atomic E-state index is -1.04. The quantitative estimate of drug-likeness (QED) is 0.596. The molecule has 1 heterocycles. The van der Waals surface area contributed by atoms with E-state index >= 15 is 0 Å². The first-order valence-corrected chi connectivity index (χ1v) is 5.08. The van der Waals surface area contributed by atoms with Crippen LogP contribution in [0.25, 0.3) is 0 Å².